The van der Waals surface area contributed by atoms with E-state index in [1.165, 1.54) is 6.07 Å². The number of aromatic nitrogens is 3. The number of carbonyl (C=O) groups is 1. The molecule has 0 unspecified atom stereocenters. The van der Waals surface area contributed by atoms with Crippen molar-refractivity contribution in [3.63, 3.8) is 0 Å². The second-order valence-corrected chi connectivity index (χ2v) is 5.01. The van der Waals surface area contributed by atoms with Crippen molar-refractivity contribution in [2.45, 2.75) is 19.9 Å². The predicted molar refractivity (Wildman–Crippen MR) is 75.4 cm³/mol. The fraction of sp³-hybridized carbons (Fsp3) is 0.214. The molecule has 3 rings (SSSR count). The van der Waals surface area contributed by atoms with Crippen LogP contribution in [0.15, 0.2) is 33.6 Å². The van der Waals surface area contributed by atoms with Gasteiger partial charge in [-0.2, -0.15) is 0 Å². The highest BCUT2D eigenvalue weighted by Gasteiger charge is 2.14. The van der Waals surface area contributed by atoms with E-state index < -0.39 is 5.97 Å². The average Bonchev–Trinajstić information content (AvgIpc) is 3.00. The topological polar surface area (TPSA) is 101 Å². The SMILES string of the molecule is CC(C)n1c(=O)[nH]c2cc(-c3cc(C(=O)O)no3)ccc21. The summed E-state index contributed by atoms with van der Waals surface area (Å²) >= 11 is 0. The van der Waals surface area contributed by atoms with E-state index in [1.54, 1.807) is 22.8 Å². The van der Waals surface area contributed by atoms with Crippen LogP contribution >= 0.6 is 0 Å². The summed E-state index contributed by atoms with van der Waals surface area (Å²) in [6.45, 7) is 3.86. The summed E-state index contributed by atoms with van der Waals surface area (Å²) in [7, 11) is 0. The molecule has 0 radical (unpaired) electrons. The van der Waals surface area contributed by atoms with E-state index >= 15 is 0 Å². The standard InChI is InChI=1S/C14H13N3O4/c1-7(2)17-11-4-3-8(5-9(11)15-14(17)20)12-6-10(13(18)19)16-21-12/h3-7H,1-2H3,(H,15,20)(H,18,19). The quantitative estimate of drug-likeness (QED) is 0.769. The lowest BCUT2D eigenvalue weighted by molar-refractivity contribution is 0.0686. The molecule has 0 amide bonds. The molecule has 0 saturated heterocycles. The summed E-state index contributed by atoms with van der Waals surface area (Å²) in [6, 6.07) is 6.69. The van der Waals surface area contributed by atoms with E-state index in [2.05, 4.69) is 10.1 Å². The molecule has 108 valence electrons. The first-order valence-corrected chi connectivity index (χ1v) is 6.42. The fourth-order valence-corrected chi connectivity index (χ4v) is 2.31. The van der Waals surface area contributed by atoms with Gasteiger partial charge in [-0.15, -0.1) is 0 Å². The maximum absolute atomic E-state index is 11.9. The lowest BCUT2D eigenvalue weighted by Crippen LogP contribution is -2.18. The molecule has 0 spiro atoms. The second-order valence-electron chi connectivity index (χ2n) is 5.01. The molecule has 2 N–H and O–H groups in total. The molecule has 0 aliphatic carbocycles. The van der Waals surface area contributed by atoms with E-state index in [1.807, 2.05) is 13.8 Å². The van der Waals surface area contributed by atoms with Gasteiger partial charge in [0.2, 0.25) is 0 Å². The minimum Gasteiger partial charge on any atom is -0.476 e. The number of benzene rings is 1. The molecular formula is C14H13N3O4. The Balaban J connectivity index is 2.13. The van der Waals surface area contributed by atoms with Crippen LogP contribution in [0.3, 0.4) is 0 Å². The first-order chi connectivity index (χ1) is 9.97. The number of nitrogens with one attached hydrogen (secondary N) is 1. The van der Waals surface area contributed by atoms with E-state index in [0.717, 1.165) is 5.52 Å². The summed E-state index contributed by atoms with van der Waals surface area (Å²) in [6.07, 6.45) is 0. The molecule has 3 aromatic rings. The van der Waals surface area contributed by atoms with Gasteiger partial charge in [0, 0.05) is 17.7 Å². The molecule has 0 saturated carbocycles. The predicted octanol–water partition coefficient (Wildman–Crippen LogP) is 2.26. The lowest BCUT2D eigenvalue weighted by Gasteiger charge is -2.06. The van der Waals surface area contributed by atoms with Crippen LogP contribution in [0.25, 0.3) is 22.4 Å². The number of nitrogens with zero attached hydrogens (tertiary/aromatic N) is 2. The highest BCUT2D eigenvalue weighted by molar-refractivity contribution is 5.87. The molecule has 2 heterocycles. The Hall–Kier alpha value is -2.83. The van der Waals surface area contributed by atoms with Gasteiger partial charge in [0.1, 0.15) is 0 Å². The molecule has 0 bridgehead atoms. The minimum atomic E-state index is -1.15. The van der Waals surface area contributed by atoms with Gasteiger partial charge in [-0.3, -0.25) is 4.57 Å². The molecular weight excluding hydrogens is 274 g/mol. The summed E-state index contributed by atoms with van der Waals surface area (Å²) in [5.74, 6) is -0.808. The third-order valence-electron chi connectivity index (χ3n) is 3.25. The van der Waals surface area contributed by atoms with E-state index in [4.69, 9.17) is 9.63 Å². The minimum absolute atomic E-state index is 0.0426. The second kappa shape index (κ2) is 4.62. The van der Waals surface area contributed by atoms with E-state index in [0.29, 0.717) is 16.8 Å². The number of imidazole rings is 1. The average molecular weight is 287 g/mol. The van der Waals surface area contributed by atoms with Crippen LogP contribution in [0.2, 0.25) is 0 Å². The largest absolute Gasteiger partial charge is 0.476 e. The number of rotatable bonds is 3. The van der Waals surface area contributed by atoms with Crippen molar-refractivity contribution < 1.29 is 14.4 Å². The highest BCUT2D eigenvalue weighted by Crippen LogP contribution is 2.24. The summed E-state index contributed by atoms with van der Waals surface area (Å²) < 4.78 is 6.67. The monoisotopic (exact) mass is 287 g/mol. The van der Waals surface area contributed by atoms with Gasteiger partial charge in [-0.1, -0.05) is 5.16 Å². The van der Waals surface area contributed by atoms with Crippen molar-refractivity contribution in [3.05, 3.63) is 40.4 Å². The molecule has 0 aliphatic heterocycles. The van der Waals surface area contributed by atoms with Gasteiger partial charge in [0.25, 0.3) is 0 Å². The van der Waals surface area contributed by atoms with Gasteiger partial charge < -0.3 is 14.6 Å². The zero-order chi connectivity index (χ0) is 15.1. The maximum atomic E-state index is 11.9. The number of aromatic carboxylic acids is 1. The molecule has 0 atom stereocenters. The smallest absolute Gasteiger partial charge is 0.358 e. The van der Waals surface area contributed by atoms with Crippen LogP contribution in [0.5, 0.6) is 0 Å². The van der Waals surface area contributed by atoms with Gasteiger partial charge >= 0.3 is 11.7 Å². The number of H-pyrrole nitrogens is 1. The molecule has 2 aromatic heterocycles. The van der Waals surface area contributed by atoms with Crippen molar-refractivity contribution in [3.8, 4) is 11.3 Å². The van der Waals surface area contributed by atoms with Crippen LogP contribution in [-0.4, -0.2) is 25.8 Å². The van der Waals surface area contributed by atoms with Crippen molar-refractivity contribution in [2.24, 2.45) is 0 Å². The Labute approximate surface area is 118 Å². The highest BCUT2D eigenvalue weighted by atomic mass is 16.5. The Morgan fingerprint density at radius 2 is 2.14 bits per heavy atom. The summed E-state index contributed by atoms with van der Waals surface area (Å²) in [5.41, 5.74) is 1.77. The Morgan fingerprint density at radius 1 is 1.38 bits per heavy atom. The van der Waals surface area contributed by atoms with Crippen molar-refractivity contribution in [2.75, 3.05) is 0 Å². The molecule has 7 heteroatoms. The Bertz CT molecular complexity index is 885. The van der Waals surface area contributed by atoms with Crippen LogP contribution in [-0.2, 0) is 0 Å². The van der Waals surface area contributed by atoms with Crippen LogP contribution in [0.1, 0.15) is 30.4 Å². The van der Waals surface area contributed by atoms with Gasteiger partial charge in [-0.25, -0.2) is 9.59 Å². The third-order valence-corrected chi connectivity index (χ3v) is 3.25. The summed E-state index contributed by atoms with van der Waals surface area (Å²) in [5, 5.41) is 12.3. The zero-order valence-corrected chi connectivity index (χ0v) is 11.5. The Morgan fingerprint density at radius 3 is 2.76 bits per heavy atom. The fourth-order valence-electron chi connectivity index (χ4n) is 2.31. The van der Waals surface area contributed by atoms with E-state index in [-0.39, 0.29) is 17.4 Å². The number of hydrogen-bond acceptors (Lipinski definition) is 4. The van der Waals surface area contributed by atoms with Gasteiger partial charge in [0.05, 0.1) is 11.0 Å². The number of fused-ring (bicyclic) bond motifs is 1. The zero-order valence-electron chi connectivity index (χ0n) is 11.5. The van der Waals surface area contributed by atoms with Crippen molar-refractivity contribution >= 4 is 17.0 Å². The van der Waals surface area contributed by atoms with Crippen molar-refractivity contribution in [1.82, 2.24) is 14.7 Å². The number of carboxylic acid groups (broad SMARTS) is 1. The van der Waals surface area contributed by atoms with Crippen molar-refractivity contribution in [1.29, 1.82) is 0 Å². The molecule has 7 nitrogen and oxygen atoms in total. The van der Waals surface area contributed by atoms with Gasteiger partial charge in [0.15, 0.2) is 11.5 Å². The molecule has 0 aliphatic rings. The van der Waals surface area contributed by atoms with E-state index in [9.17, 15) is 9.59 Å². The first-order valence-electron chi connectivity index (χ1n) is 6.42. The summed E-state index contributed by atoms with van der Waals surface area (Å²) in [4.78, 5) is 25.5. The third kappa shape index (κ3) is 2.12. The maximum Gasteiger partial charge on any atom is 0.358 e. The molecule has 1 aromatic carbocycles. The van der Waals surface area contributed by atoms with Crippen LogP contribution in [0, 0.1) is 0 Å². The number of hydrogen-bond donors (Lipinski definition) is 2. The number of carboxylic acids is 1. The van der Waals surface area contributed by atoms with Crippen LogP contribution in [0.4, 0.5) is 0 Å². The number of aromatic amines is 1. The molecule has 21 heavy (non-hydrogen) atoms. The lowest BCUT2D eigenvalue weighted by atomic mass is 10.1. The first kappa shape index (κ1) is 13.2. The normalized spacial score (nSPS) is 11.4. The Kier molecular flexibility index (Phi) is 2.90. The molecule has 0 fully saturated rings. The van der Waals surface area contributed by atoms with Gasteiger partial charge in [-0.05, 0) is 32.0 Å². The van der Waals surface area contributed by atoms with Crippen LogP contribution < -0.4 is 5.69 Å².